The molecule has 1 aliphatic rings. The molecule has 17 heavy (non-hydrogen) atoms. The maximum absolute atomic E-state index is 9.19. The van der Waals surface area contributed by atoms with Crippen molar-refractivity contribution in [2.24, 2.45) is 5.41 Å². The van der Waals surface area contributed by atoms with E-state index in [2.05, 4.69) is 17.1 Å². The van der Waals surface area contributed by atoms with Crippen molar-refractivity contribution in [2.45, 2.75) is 39.2 Å². The molecule has 0 bridgehead atoms. The number of rotatable bonds is 7. The van der Waals surface area contributed by atoms with E-state index in [1.165, 1.54) is 32.4 Å². The van der Waals surface area contributed by atoms with Crippen molar-refractivity contribution in [3.05, 3.63) is 0 Å². The Morgan fingerprint density at radius 1 is 1.18 bits per heavy atom. The Balaban J connectivity index is 2.20. The highest BCUT2D eigenvalue weighted by Gasteiger charge is 2.23. The lowest BCUT2D eigenvalue weighted by Gasteiger charge is -2.33. The van der Waals surface area contributed by atoms with Crippen molar-refractivity contribution >= 4 is 0 Å². The van der Waals surface area contributed by atoms with E-state index in [0.717, 1.165) is 6.54 Å². The van der Waals surface area contributed by atoms with Gasteiger partial charge in [0.05, 0.1) is 13.2 Å². The number of likely N-dealkylation sites (tertiary alicyclic amines) is 1. The summed E-state index contributed by atoms with van der Waals surface area (Å²) in [7, 11) is 0. The van der Waals surface area contributed by atoms with Crippen LogP contribution in [0.3, 0.4) is 0 Å². The molecule has 0 spiro atoms. The predicted molar refractivity (Wildman–Crippen MR) is 70.0 cm³/mol. The normalized spacial score (nSPS) is 20.5. The summed E-state index contributed by atoms with van der Waals surface area (Å²) in [4.78, 5) is 2.52. The second kappa shape index (κ2) is 7.31. The Bertz CT molecular complexity index is 202. The second-order valence-electron chi connectivity index (χ2n) is 5.70. The molecule has 1 atom stereocenters. The Morgan fingerprint density at radius 3 is 2.29 bits per heavy atom. The van der Waals surface area contributed by atoms with Crippen LogP contribution in [-0.4, -0.2) is 60.5 Å². The third kappa shape index (κ3) is 4.92. The van der Waals surface area contributed by atoms with Crippen molar-refractivity contribution in [3.63, 3.8) is 0 Å². The molecule has 4 nitrogen and oxygen atoms in total. The summed E-state index contributed by atoms with van der Waals surface area (Å²) in [6.07, 6.45) is 3.99. The lowest BCUT2D eigenvalue weighted by Crippen LogP contribution is -2.46. The summed E-state index contributed by atoms with van der Waals surface area (Å²) >= 11 is 0. The fourth-order valence-electron chi connectivity index (χ4n) is 2.23. The molecule has 1 heterocycles. The van der Waals surface area contributed by atoms with E-state index in [-0.39, 0.29) is 13.2 Å². The molecule has 4 heteroatoms. The average molecular weight is 244 g/mol. The minimum Gasteiger partial charge on any atom is -0.396 e. The lowest BCUT2D eigenvalue weighted by molar-refractivity contribution is 0.0672. The minimum absolute atomic E-state index is 0.0224. The van der Waals surface area contributed by atoms with Gasteiger partial charge in [-0.25, -0.2) is 0 Å². The fourth-order valence-corrected chi connectivity index (χ4v) is 2.23. The molecule has 0 aromatic carbocycles. The molecule has 1 fully saturated rings. The topological polar surface area (TPSA) is 55.7 Å². The van der Waals surface area contributed by atoms with Crippen LogP contribution < -0.4 is 5.32 Å². The summed E-state index contributed by atoms with van der Waals surface area (Å²) in [5, 5.41) is 21.7. The van der Waals surface area contributed by atoms with Gasteiger partial charge >= 0.3 is 0 Å². The number of piperidine rings is 1. The van der Waals surface area contributed by atoms with E-state index in [1.807, 2.05) is 6.92 Å². The molecule has 0 aromatic rings. The van der Waals surface area contributed by atoms with Gasteiger partial charge in [-0.3, -0.25) is 4.90 Å². The van der Waals surface area contributed by atoms with E-state index in [0.29, 0.717) is 12.6 Å². The number of aliphatic hydroxyl groups is 2. The number of aliphatic hydroxyl groups excluding tert-OH is 2. The molecule has 1 rings (SSSR count). The first-order valence-electron chi connectivity index (χ1n) is 6.78. The van der Waals surface area contributed by atoms with Gasteiger partial charge < -0.3 is 15.5 Å². The molecule has 102 valence electrons. The summed E-state index contributed by atoms with van der Waals surface area (Å²) in [5.74, 6) is 0. The van der Waals surface area contributed by atoms with Crippen molar-refractivity contribution < 1.29 is 10.2 Å². The third-order valence-electron chi connectivity index (χ3n) is 3.77. The van der Waals surface area contributed by atoms with Gasteiger partial charge in [-0.15, -0.1) is 0 Å². The molecular weight excluding hydrogens is 216 g/mol. The first-order valence-corrected chi connectivity index (χ1v) is 6.78. The quantitative estimate of drug-likeness (QED) is 0.608. The standard InChI is InChI=1S/C13H28N2O2/c1-12(15-6-4-3-5-7-15)8-14-9-13(2,10-16)11-17/h12,14,16-17H,3-11H2,1-2H3. The highest BCUT2D eigenvalue weighted by Crippen LogP contribution is 2.13. The zero-order valence-corrected chi connectivity index (χ0v) is 11.3. The Hall–Kier alpha value is -0.160. The molecule has 1 unspecified atom stereocenters. The van der Waals surface area contributed by atoms with Crippen LogP contribution in [0, 0.1) is 5.41 Å². The van der Waals surface area contributed by atoms with Crippen LogP contribution in [0.15, 0.2) is 0 Å². The van der Waals surface area contributed by atoms with Gasteiger partial charge in [-0.1, -0.05) is 13.3 Å². The SMILES string of the molecule is CC(CNCC(C)(CO)CO)N1CCCCC1. The number of hydrogen-bond acceptors (Lipinski definition) is 4. The highest BCUT2D eigenvalue weighted by molar-refractivity contribution is 4.78. The van der Waals surface area contributed by atoms with Gasteiger partial charge in [0.1, 0.15) is 0 Å². The van der Waals surface area contributed by atoms with E-state index in [4.69, 9.17) is 0 Å². The van der Waals surface area contributed by atoms with Crippen LogP contribution in [0.1, 0.15) is 33.1 Å². The summed E-state index contributed by atoms with van der Waals surface area (Å²) in [5.41, 5.74) is -0.401. The third-order valence-corrected chi connectivity index (χ3v) is 3.77. The van der Waals surface area contributed by atoms with Gasteiger partial charge in [0.2, 0.25) is 0 Å². The molecule has 1 saturated heterocycles. The van der Waals surface area contributed by atoms with Gasteiger partial charge in [-0.2, -0.15) is 0 Å². The van der Waals surface area contributed by atoms with Crippen molar-refractivity contribution in [1.29, 1.82) is 0 Å². The maximum Gasteiger partial charge on any atom is 0.0518 e. The monoisotopic (exact) mass is 244 g/mol. The van der Waals surface area contributed by atoms with Gasteiger partial charge in [0, 0.05) is 24.5 Å². The van der Waals surface area contributed by atoms with Gasteiger partial charge in [0.25, 0.3) is 0 Å². The zero-order valence-electron chi connectivity index (χ0n) is 11.3. The predicted octanol–water partition coefficient (Wildman–Crippen LogP) is 0.441. The molecule has 0 aromatic heterocycles. The van der Waals surface area contributed by atoms with Crippen molar-refractivity contribution in [2.75, 3.05) is 39.4 Å². The van der Waals surface area contributed by atoms with Gasteiger partial charge in [0.15, 0.2) is 0 Å². The largest absolute Gasteiger partial charge is 0.396 e. The molecule has 1 aliphatic heterocycles. The van der Waals surface area contributed by atoms with Crippen LogP contribution in [0.5, 0.6) is 0 Å². The molecule has 3 N–H and O–H groups in total. The second-order valence-corrected chi connectivity index (χ2v) is 5.70. The van der Waals surface area contributed by atoms with Gasteiger partial charge in [-0.05, 0) is 32.9 Å². The average Bonchev–Trinajstić information content (AvgIpc) is 2.39. The Labute approximate surface area is 105 Å². The summed E-state index contributed by atoms with van der Waals surface area (Å²) in [6.45, 7) is 8.19. The molecule has 0 radical (unpaired) electrons. The summed E-state index contributed by atoms with van der Waals surface area (Å²) < 4.78 is 0. The molecule has 0 saturated carbocycles. The number of nitrogens with one attached hydrogen (secondary N) is 1. The smallest absolute Gasteiger partial charge is 0.0518 e. The van der Waals surface area contributed by atoms with Crippen molar-refractivity contribution in [1.82, 2.24) is 10.2 Å². The summed E-state index contributed by atoms with van der Waals surface area (Å²) in [6, 6.07) is 0.539. The number of nitrogens with zero attached hydrogens (tertiary/aromatic N) is 1. The first-order chi connectivity index (χ1) is 8.11. The molecule has 0 aliphatic carbocycles. The van der Waals surface area contributed by atoms with Crippen molar-refractivity contribution in [3.8, 4) is 0 Å². The maximum atomic E-state index is 9.19. The van der Waals surface area contributed by atoms with E-state index < -0.39 is 5.41 Å². The lowest BCUT2D eigenvalue weighted by atomic mass is 9.93. The van der Waals surface area contributed by atoms with Crippen LogP contribution in [-0.2, 0) is 0 Å². The van der Waals surface area contributed by atoms with E-state index in [1.54, 1.807) is 0 Å². The Morgan fingerprint density at radius 2 is 1.76 bits per heavy atom. The molecule has 0 amide bonds. The Kier molecular flexibility index (Phi) is 6.41. The van der Waals surface area contributed by atoms with E-state index in [9.17, 15) is 10.2 Å². The minimum atomic E-state index is -0.401. The van der Waals surface area contributed by atoms with Crippen LogP contribution in [0.2, 0.25) is 0 Å². The van der Waals surface area contributed by atoms with E-state index >= 15 is 0 Å². The van der Waals surface area contributed by atoms with Crippen LogP contribution in [0.25, 0.3) is 0 Å². The van der Waals surface area contributed by atoms with Crippen LogP contribution >= 0.6 is 0 Å². The highest BCUT2D eigenvalue weighted by atomic mass is 16.3. The first kappa shape index (κ1) is 14.9. The fraction of sp³-hybridized carbons (Fsp3) is 1.00. The van der Waals surface area contributed by atoms with Crippen LogP contribution in [0.4, 0.5) is 0 Å². The zero-order chi connectivity index (χ0) is 12.7. The number of hydrogen-bond donors (Lipinski definition) is 3. The molecular formula is C13H28N2O2.